The minimum atomic E-state index is -0.483. The van der Waals surface area contributed by atoms with Crippen LogP contribution in [0, 0.1) is 5.41 Å². The molecule has 1 N–H and O–H groups in total. The molecule has 0 saturated carbocycles. The summed E-state index contributed by atoms with van der Waals surface area (Å²) in [4.78, 5) is 22.8. The van der Waals surface area contributed by atoms with Crippen molar-refractivity contribution >= 4 is 11.9 Å². The average molecular weight is 213 g/mol. The van der Waals surface area contributed by atoms with Crippen LogP contribution in [0.1, 0.15) is 46.5 Å². The van der Waals surface area contributed by atoms with E-state index in [-0.39, 0.29) is 11.9 Å². The van der Waals surface area contributed by atoms with Gasteiger partial charge in [0, 0.05) is 6.42 Å². The molecule has 0 aromatic heterocycles. The van der Waals surface area contributed by atoms with Gasteiger partial charge in [0.25, 0.3) is 0 Å². The van der Waals surface area contributed by atoms with E-state index in [1.165, 1.54) is 0 Å². The quantitative estimate of drug-likeness (QED) is 0.557. The highest BCUT2D eigenvalue weighted by Crippen LogP contribution is 2.38. The molecular formula is C11H19NO3. The smallest absolute Gasteiger partial charge is 0.307 e. The molecule has 4 heteroatoms. The number of nitrogens with one attached hydrogen (secondary N) is 1. The highest BCUT2D eigenvalue weighted by molar-refractivity contribution is 5.90. The SMILES string of the molecule is CCCC(=O)O[C@H]1NC(=O)C1(CC)CC. The molecule has 0 spiro atoms. The van der Waals surface area contributed by atoms with E-state index in [9.17, 15) is 9.59 Å². The van der Waals surface area contributed by atoms with E-state index < -0.39 is 11.6 Å². The Bertz CT molecular complexity index is 259. The standard InChI is InChI=1S/C11H19NO3/c1-4-7-8(13)15-10-11(5-2,6-3)9(14)12-10/h10H,4-7H2,1-3H3,(H,12,14)/t10-/m1/s1. The highest BCUT2D eigenvalue weighted by atomic mass is 16.6. The molecule has 0 radical (unpaired) electrons. The second kappa shape index (κ2) is 4.64. The number of carbonyl (C=O) groups is 2. The van der Waals surface area contributed by atoms with Crippen LogP contribution < -0.4 is 5.32 Å². The van der Waals surface area contributed by atoms with Crippen LogP contribution in [0.25, 0.3) is 0 Å². The zero-order chi connectivity index (χ0) is 11.5. The van der Waals surface area contributed by atoms with E-state index in [0.29, 0.717) is 19.3 Å². The summed E-state index contributed by atoms with van der Waals surface area (Å²) in [5.41, 5.74) is -0.483. The van der Waals surface area contributed by atoms with Crippen molar-refractivity contribution in [2.75, 3.05) is 0 Å². The van der Waals surface area contributed by atoms with Gasteiger partial charge in [0.2, 0.25) is 5.91 Å². The molecule has 1 aliphatic heterocycles. The lowest BCUT2D eigenvalue weighted by Crippen LogP contribution is -2.68. The second-order valence-electron chi connectivity index (χ2n) is 3.96. The molecule has 1 amide bonds. The molecule has 1 fully saturated rings. The van der Waals surface area contributed by atoms with Crippen molar-refractivity contribution in [3.63, 3.8) is 0 Å². The third-order valence-corrected chi connectivity index (χ3v) is 3.18. The maximum atomic E-state index is 11.5. The topological polar surface area (TPSA) is 55.4 Å². The number of hydrogen-bond acceptors (Lipinski definition) is 3. The Kier molecular flexibility index (Phi) is 3.72. The largest absolute Gasteiger partial charge is 0.440 e. The Hall–Kier alpha value is -1.06. The van der Waals surface area contributed by atoms with Crippen LogP contribution in [-0.2, 0) is 14.3 Å². The number of rotatable bonds is 5. The van der Waals surface area contributed by atoms with Gasteiger partial charge in [0.1, 0.15) is 5.41 Å². The molecular weight excluding hydrogens is 194 g/mol. The summed E-state index contributed by atoms with van der Waals surface area (Å²) in [5.74, 6) is -0.226. The van der Waals surface area contributed by atoms with Crippen molar-refractivity contribution in [3.8, 4) is 0 Å². The molecule has 0 aliphatic carbocycles. The third kappa shape index (κ3) is 1.98. The minimum Gasteiger partial charge on any atom is -0.440 e. The summed E-state index contributed by atoms with van der Waals surface area (Å²) in [6.07, 6.45) is 2.18. The number of carbonyl (C=O) groups excluding carboxylic acids is 2. The Morgan fingerprint density at radius 1 is 1.40 bits per heavy atom. The summed E-state index contributed by atoms with van der Waals surface area (Å²) in [7, 11) is 0. The van der Waals surface area contributed by atoms with Crippen molar-refractivity contribution in [3.05, 3.63) is 0 Å². The molecule has 0 unspecified atom stereocenters. The second-order valence-corrected chi connectivity index (χ2v) is 3.96. The first-order valence-corrected chi connectivity index (χ1v) is 5.61. The van der Waals surface area contributed by atoms with Crippen molar-refractivity contribution < 1.29 is 14.3 Å². The Balaban J connectivity index is 2.57. The van der Waals surface area contributed by atoms with Gasteiger partial charge in [0.15, 0.2) is 6.23 Å². The minimum absolute atomic E-state index is 0.00167. The number of hydrogen-bond donors (Lipinski definition) is 1. The van der Waals surface area contributed by atoms with E-state index in [4.69, 9.17) is 4.74 Å². The van der Waals surface area contributed by atoms with E-state index in [1.807, 2.05) is 20.8 Å². The van der Waals surface area contributed by atoms with Crippen molar-refractivity contribution in [2.45, 2.75) is 52.7 Å². The molecule has 0 aromatic carbocycles. The molecule has 1 rings (SSSR count). The van der Waals surface area contributed by atoms with Crippen LogP contribution in [0.5, 0.6) is 0 Å². The van der Waals surface area contributed by atoms with Crippen LogP contribution in [0.15, 0.2) is 0 Å². The van der Waals surface area contributed by atoms with Crippen LogP contribution in [0.3, 0.4) is 0 Å². The van der Waals surface area contributed by atoms with Crippen molar-refractivity contribution in [1.29, 1.82) is 0 Å². The normalized spacial score (nSPS) is 22.9. The van der Waals surface area contributed by atoms with Gasteiger partial charge in [-0.25, -0.2) is 0 Å². The monoisotopic (exact) mass is 213 g/mol. The first-order chi connectivity index (χ1) is 7.10. The Morgan fingerprint density at radius 3 is 2.40 bits per heavy atom. The zero-order valence-electron chi connectivity index (χ0n) is 9.63. The summed E-state index contributed by atoms with van der Waals surface area (Å²) < 4.78 is 5.22. The lowest BCUT2D eigenvalue weighted by Gasteiger charge is -2.46. The zero-order valence-corrected chi connectivity index (χ0v) is 9.63. The van der Waals surface area contributed by atoms with Gasteiger partial charge in [0.05, 0.1) is 0 Å². The fraction of sp³-hybridized carbons (Fsp3) is 0.818. The number of amides is 1. The predicted octanol–water partition coefficient (Wildman–Crippen LogP) is 1.59. The van der Waals surface area contributed by atoms with Crippen LogP contribution in [-0.4, -0.2) is 18.1 Å². The van der Waals surface area contributed by atoms with Crippen LogP contribution in [0.2, 0.25) is 0 Å². The summed E-state index contributed by atoms with van der Waals surface area (Å²) in [5, 5.41) is 2.64. The summed E-state index contributed by atoms with van der Waals surface area (Å²) in [6.45, 7) is 5.82. The average Bonchev–Trinajstić information content (AvgIpc) is 2.19. The van der Waals surface area contributed by atoms with Gasteiger partial charge in [-0.15, -0.1) is 0 Å². The van der Waals surface area contributed by atoms with Gasteiger partial charge in [-0.05, 0) is 19.3 Å². The number of β-lactam (4-membered cyclic amide) rings is 1. The molecule has 0 bridgehead atoms. The van der Waals surface area contributed by atoms with Gasteiger partial charge in [-0.3, -0.25) is 9.59 Å². The van der Waals surface area contributed by atoms with Crippen LogP contribution >= 0.6 is 0 Å². The molecule has 86 valence electrons. The molecule has 1 atom stereocenters. The third-order valence-electron chi connectivity index (χ3n) is 3.18. The molecule has 4 nitrogen and oxygen atoms in total. The molecule has 0 aromatic rings. The van der Waals surface area contributed by atoms with Gasteiger partial charge < -0.3 is 10.1 Å². The van der Waals surface area contributed by atoms with Gasteiger partial charge in [-0.2, -0.15) is 0 Å². The Morgan fingerprint density at radius 2 is 2.00 bits per heavy atom. The van der Waals surface area contributed by atoms with E-state index in [0.717, 1.165) is 6.42 Å². The van der Waals surface area contributed by atoms with Gasteiger partial charge in [-0.1, -0.05) is 20.8 Å². The predicted molar refractivity (Wildman–Crippen MR) is 55.9 cm³/mol. The molecule has 1 heterocycles. The van der Waals surface area contributed by atoms with Crippen molar-refractivity contribution in [1.82, 2.24) is 5.32 Å². The number of ether oxygens (including phenoxy) is 1. The molecule has 1 saturated heterocycles. The van der Waals surface area contributed by atoms with Crippen molar-refractivity contribution in [2.24, 2.45) is 5.41 Å². The maximum Gasteiger partial charge on any atom is 0.307 e. The fourth-order valence-electron chi connectivity index (χ4n) is 1.92. The van der Waals surface area contributed by atoms with Gasteiger partial charge >= 0.3 is 5.97 Å². The lowest BCUT2D eigenvalue weighted by atomic mass is 9.73. The summed E-state index contributed by atoms with van der Waals surface area (Å²) >= 11 is 0. The molecule has 15 heavy (non-hydrogen) atoms. The molecule has 1 aliphatic rings. The summed E-state index contributed by atoms with van der Waals surface area (Å²) in [6, 6.07) is 0. The van der Waals surface area contributed by atoms with E-state index in [1.54, 1.807) is 0 Å². The maximum absolute atomic E-state index is 11.5. The van der Waals surface area contributed by atoms with E-state index in [2.05, 4.69) is 5.32 Å². The number of esters is 1. The Labute approximate surface area is 90.4 Å². The lowest BCUT2D eigenvalue weighted by molar-refractivity contribution is -0.184. The van der Waals surface area contributed by atoms with E-state index >= 15 is 0 Å². The van der Waals surface area contributed by atoms with Crippen LogP contribution in [0.4, 0.5) is 0 Å². The first-order valence-electron chi connectivity index (χ1n) is 5.61. The fourth-order valence-corrected chi connectivity index (χ4v) is 1.92. The highest BCUT2D eigenvalue weighted by Gasteiger charge is 2.54. The first kappa shape index (κ1) is 12.0.